The molecule has 7 nitrogen and oxygen atoms in total. The lowest BCUT2D eigenvalue weighted by Crippen LogP contribution is -2.31. The molecule has 0 fully saturated rings. The Balaban J connectivity index is 0.978. The maximum absolute atomic E-state index is 9.61. The SMILES string of the molecule is N#Cc1ccc(-c2ccc(C(c3ccc(N4c5ccccc5Oc5ccccc54)cc3)(c3ccc(N4c5ccccc5Oc5ccccc54)cc3)c3ccc(N4c5ccccc5Oc5ccccc54)cc3)cc2)cc1. The molecule has 3 aliphatic heterocycles. The molecule has 0 spiro atoms. The van der Waals surface area contributed by atoms with E-state index in [0.29, 0.717) is 5.56 Å². The van der Waals surface area contributed by atoms with Gasteiger partial charge in [-0.15, -0.1) is 0 Å². The first kappa shape index (κ1) is 43.5. The van der Waals surface area contributed by atoms with Crippen LogP contribution in [0.3, 0.4) is 0 Å². The van der Waals surface area contributed by atoms with Gasteiger partial charge in [0.15, 0.2) is 34.5 Å². The molecule has 7 heteroatoms. The van der Waals surface area contributed by atoms with Crippen LogP contribution in [0.2, 0.25) is 0 Å². The summed E-state index contributed by atoms with van der Waals surface area (Å²) >= 11 is 0. The Labute approximate surface area is 435 Å². The second kappa shape index (κ2) is 17.8. The number of anilines is 9. The van der Waals surface area contributed by atoms with E-state index in [-0.39, 0.29) is 0 Å². The van der Waals surface area contributed by atoms with Crippen LogP contribution in [0.15, 0.2) is 267 Å². The zero-order valence-electron chi connectivity index (χ0n) is 40.4. The van der Waals surface area contributed by atoms with Gasteiger partial charge in [0.1, 0.15) is 0 Å². The molecule has 0 atom stereocenters. The zero-order chi connectivity index (χ0) is 49.9. The van der Waals surface area contributed by atoms with E-state index in [1.165, 1.54) is 0 Å². The third kappa shape index (κ3) is 7.19. The highest BCUT2D eigenvalue weighted by molar-refractivity contribution is 5.89. The highest BCUT2D eigenvalue weighted by Crippen LogP contribution is 2.55. The van der Waals surface area contributed by atoms with Crippen LogP contribution >= 0.6 is 0 Å². The van der Waals surface area contributed by atoms with Crippen molar-refractivity contribution in [1.82, 2.24) is 0 Å². The van der Waals surface area contributed by atoms with Crippen molar-refractivity contribution in [3.8, 4) is 51.7 Å². The lowest BCUT2D eigenvalue weighted by Gasteiger charge is -2.39. The Bertz CT molecular complexity index is 3530. The Morgan fingerprint density at radius 1 is 0.267 bits per heavy atom. The average Bonchev–Trinajstić information content (AvgIpc) is 3.49. The average molecular weight is 965 g/mol. The standard InChI is InChI=1S/C68H44N4O3/c69-45-46-25-27-47(28-26-46)48-29-31-49(32-30-48)68(50-33-39-53(40-34-50)70-56-13-1-7-19-62(56)73-63-20-8-2-14-57(63)70,51-35-41-54(42-36-51)71-58-15-3-9-21-64(58)74-65-22-10-4-16-59(65)71)52-37-43-55(44-38-52)72-60-17-5-11-23-66(60)75-67-24-12-6-18-61(67)72/h1-44H. The number of hydrogen-bond donors (Lipinski definition) is 0. The van der Waals surface area contributed by atoms with Crippen molar-refractivity contribution < 1.29 is 14.2 Å². The number of benzene rings is 11. The fourth-order valence-electron chi connectivity index (χ4n) is 11.2. The van der Waals surface area contributed by atoms with Gasteiger partial charge in [-0.2, -0.15) is 5.26 Å². The van der Waals surface area contributed by atoms with E-state index in [1.807, 2.05) is 97.1 Å². The van der Waals surface area contributed by atoms with Gasteiger partial charge < -0.3 is 28.9 Å². The van der Waals surface area contributed by atoms with E-state index in [9.17, 15) is 5.26 Å². The Kier molecular flexibility index (Phi) is 10.3. The number of rotatable bonds is 8. The van der Waals surface area contributed by atoms with Crippen LogP contribution in [0.25, 0.3) is 11.1 Å². The number of fused-ring (bicyclic) bond motifs is 6. The van der Waals surface area contributed by atoms with Crippen LogP contribution in [0.5, 0.6) is 34.5 Å². The van der Waals surface area contributed by atoms with Crippen molar-refractivity contribution in [2.45, 2.75) is 5.41 Å². The van der Waals surface area contributed by atoms with Gasteiger partial charge in [-0.25, -0.2) is 0 Å². The minimum Gasteiger partial charge on any atom is -0.453 e. The predicted octanol–water partition coefficient (Wildman–Crippen LogP) is 18.3. The van der Waals surface area contributed by atoms with Gasteiger partial charge in [-0.1, -0.05) is 146 Å². The van der Waals surface area contributed by atoms with Gasteiger partial charge in [0.05, 0.1) is 51.2 Å². The molecular weight excluding hydrogens is 921 g/mol. The first-order valence-electron chi connectivity index (χ1n) is 25.0. The summed E-state index contributed by atoms with van der Waals surface area (Å²) in [7, 11) is 0. The van der Waals surface area contributed by atoms with Crippen molar-refractivity contribution in [3.63, 3.8) is 0 Å². The van der Waals surface area contributed by atoms with Crippen molar-refractivity contribution in [1.29, 1.82) is 5.26 Å². The summed E-state index contributed by atoms with van der Waals surface area (Å²) in [4.78, 5) is 6.85. The van der Waals surface area contributed by atoms with E-state index < -0.39 is 5.41 Å². The monoisotopic (exact) mass is 964 g/mol. The van der Waals surface area contributed by atoms with Gasteiger partial charge in [-0.05, 0) is 155 Å². The second-order valence-corrected chi connectivity index (χ2v) is 18.8. The Morgan fingerprint density at radius 2 is 0.493 bits per heavy atom. The minimum absolute atomic E-state index is 0.627. The molecule has 0 aliphatic carbocycles. The molecule has 0 saturated carbocycles. The molecule has 0 aromatic heterocycles. The third-order valence-electron chi connectivity index (χ3n) is 14.6. The zero-order valence-corrected chi connectivity index (χ0v) is 40.4. The number of hydrogen-bond acceptors (Lipinski definition) is 7. The lowest BCUT2D eigenvalue weighted by atomic mass is 9.65. The summed E-state index contributed by atoms with van der Waals surface area (Å²) in [6.07, 6.45) is 0. The fourth-order valence-corrected chi connectivity index (χ4v) is 11.2. The smallest absolute Gasteiger partial charge is 0.151 e. The van der Waals surface area contributed by atoms with Crippen LogP contribution in [-0.2, 0) is 5.41 Å². The van der Waals surface area contributed by atoms with Crippen LogP contribution in [0.1, 0.15) is 27.8 Å². The molecule has 0 amide bonds. The molecular formula is C68H44N4O3. The Morgan fingerprint density at radius 3 is 0.747 bits per heavy atom. The molecule has 75 heavy (non-hydrogen) atoms. The van der Waals surface area contributed by atoms with Crippen LogP contribution < -0.4 is 28.9 Å². The molecule has 14 rings (SSSR count). The minimum atomic E-state index is -0.860. The third-order valence-corrected chi connectivity index (χ3v) is 14.6. The summed E-state index contributed by atoms with van der Waals surface area (Å²) in [6.45, 7) is 0. The van der Waals surface area contributed by atoms with Crippen molar-refractivity contribution in [2.24, 2.45) is 0 Å². The normalized spacial score (nSPS) is 12.8. The molecule has 0 saturated heterocycles. The fraction of sp³-hybridized carbons (Fsp3) is 0.0147. The molecule has 0 N–H and O–H groups in total. The maximum Gasteiger partial charge on any atom is 0.151 e. The van der Waals surface area contributed by atoms with E-state index in [1.54, 1.807) is 0 Å². The van der Waals surface area contributed by atoms with E-state index in [0.717, 1.165) is 119 Å². The van der Waals surface area contributed by atoms with E-state index in [2.05, 4.69) is 191 Å². The van der Waals surface area contributed by atoms with Crippen LogP contribution in [-0.4, -0.2) is 0 Å². The number of nitrogens with zero attached hydrogens (tertiary/aromatic N) is 4. The summed E-state index contributed by atoms with van der Waals surface area (Å²) < 4.78 is 19.3. The summed E-state index contributed by atoms with van der Waals surface area (Å²) in [5.41, 5.74) is 15.0. The lowest BCUT2D eigenvalue weighted by molar-refractivity contribution is 0.477. The highest BCUT2D eigenvalue weighted by atomic mass is 16.5. The van der Waals surface area contributed by atoms with Crippen molar-refractivity contribution >= 4 is 51.2 Å². The van der Waals surface area contributed by atoms with Gasteiger partial charge in [0.2, 0.25) is 0 Å². The molecule has 354 valence electrons. The van der Waals surface area contributed by atoms with E-state index >= 15 is 0 Å². The summed E-state index contributed by atoms with van der Waals surface area (Å²) in [6, 6.07) is 95.3. The maximum atomic E-state index is 9.61. The van der Waals surface area contributed by atoms with Crippen molar-refractivity contribution in [2.75, 3.05) is 14.7 Å². The first-order valence-corrected chi connectivity index (χ1v) is 25.0. The quantitative estimate of drug-likeness (QED) is 0.141. The largest absolute Gasteiger partial charge is 0.453 e. The van der Waals surface area contributed by atoms with Crippen LogP contribution in [0.4, 0.5) is 51.2 Å². The molecule has 0 radical (unpaired) electrons. The number of ether oxygens (including phenoxy) is 3. The topological polar surface area (TPSA) is 61.2 Å². The summed E-state index contributed by atoms with van der Waals surface area (Å²) in [5, 5.41) is 9.61. The molecule has 0 unspecified atom stereocenters. The van der Waals surface area contributed by atoms with Crippen molar-refractivity contribution in [3.05, 3.63) is 295 Å². The van der Waals surface area contributed by atoms with Crippen LogP contribution in [0, 0.1) is 11.3 Å². The highest BCUT2D eigenvalue weighted by Gasteiger charge is 2.40. The Hall–Kier alpha value is -10.3. The molecule has 3 aliphatic rings. The summed E-state index contributed by atoms with van der Waals surface area (Å²) in [5.74, 6) is 4.80. The van der Waals surface area contributed by atoms with Gasteiger partial charge in [0.25, 0.3) is 0 Å². The van der Waals surface area contributed by atoms with Gasteiger partial charge >= 0.3 is 0 Å². The number of nitriles is 1. The molecule has 11 aromatic rings. The first-order chi connectivity index (χ1) is 37.1. The second-order valence-electron chi connectivity index (χ2n) is 18.8. The molecule has 3 heterocycles. The van der Waals surface area contributed by atoms with Gasteiger partial charge in [-0.3, -0.25) is 0 Å². The predicted molar refractivity (Wildman–Crippen MR) is 299 cm³/mol. The molecule has 11 aromatic carbocycles. The van der Waals surface area contributed by atoms with Gasteiger partial charge in [0, 0.05) is 17.1 Å². The van der Waals surface area contributed by atoms with E-state index in [4.69, 9.17) is 14.2 Å². The molecule has 0 bridgehead atoms. The number of para-hydroxylation sites is 12.